The van der Waals surface area contributed by atoms with Gasteiger partial charge in [0.05, 0.1) is 17.3 Å². The van der Waals surface area contributed by atoms with E-state index in [1.54, 1.807) is 19.2 Å². The van der Waals surface area contributed by atoms with E-state index in [1.165, 1.54) is 6.20 Å². The Labute approximate surface area is 177 Å². The minimum atomic E-state index is -0.623. The molecule has 0 aromatic carbocycles. The highest BCUT2D eigenvalue weighted by Gasteiger charge is 2.18. The Bertz CT molecular complexity index is 1170. The molecule has 0 saturated heterocycles. The first kappa shape index (κ1) is 20.0. The molecule has 0 unspecified atom stereocenters. The topological polar surface area (TPSA) is 88.5 Å². The zero-order valence-electron chi connectivity index (χ0n) is 16.3. The Morgan fingerprint density at radius 2 is 2.10 bits per heavy atom. The molecule has 4 heterocycles. The van der Waals surface area contributed by atoms with Gasteiger partial charge in [0.25, 0.3) is 0 Å². The standard InChI is InChI=1S/C21H20ClFN6O/c1-13(18(30)5-4-8-29-6-2-3-7-29)27-21-17(23)12-26-20(28-21)16-11-25-19-15(16)9-14(22)10-24-19/h2-3,6-7,9-13H,4-5,8H2,1H3,(H,24,25)(H,26,27,28)/t13-/m0/s1. The number of pyridine rings is 1. The first-order valence-corrected chi connectivity index (χ1v) is 9.94. The second-order valence-electron chi connectivity index (χ2n) is 7.00. The molecule has 0 radical (unpaired) electrons. The number of anilines is 1. The van der Waals surface area contributed by atoms with Crippen LogP contribution >= 0.6 is 11.6 Å². The number of rotatable bonds is 8. The summed E-state index contributed by atoms with van der Waals surface area (Å²) in [7, 11) is 0. The van der Waals surface area contributed by atoms with Gasteiger partial charge in [-0.2, -0.15) is 0 Å². The van der Waals surface area contributed by atoms with Crippen LogP contribution in [0.15, 0.2) is 49.2 Å². The summed E-state index contributed by atoms with van der Waals surface area (Å²) in [5.74, 6) is -0.344. The molecule has 7 nitrogen and oxygen atoms in total. The molecular formula is C21H20ClFN6O. The van der Waals surface area contributed by atoms with Gasteiger partial charge >= 0.3 is 0 Å². The molecule has 154 valence electrons. The monoisotopic (exact) mass is 426 g/mol. The molecule has 0 aliphatic carbocycles. The number of nitrogens with zero attached hydrogens (tertiary/aromatic N) is 4. The van der Waals surface area contributed by atoms with Crippen LogP contribution in [0.4, 0.5) is 10.2 Å². The Morgan fingerprint density at radius 3 is 2.90 bits per heavy atom. The highest BCUT2D eigenvalue weighted by atomic mass is 35.5. The zero-order valence-corrected chi connectivity index (χ0v) is 17.0. The third kappa shape index (κ3) is 4.33. The fourth-order valence-electron chi connectivity index (χ4n) is 3.22. The minimum absolute atomic E-state index is 0.00945. The van der Waals surface area contributed by atoms with Crippen molar-refractivity contribution in [1.29, 1.82) is 0 Å². The highest BCUT2D eigenvalue weighted by molar-refractivity contribution is 6.31. The van der Waals surface area contributed by atoms with Crippen molar-refractivity contribution < 1.29 is 9.18 Å². The number of aromatic nitrogens is 5. The fourth-order valence-corrected chi connectivity index (χ4v) is 3.38. The lowest BCUT2D eigenvalue weighted by Gasteiger charge is -2.14. The number of carbonyl (C=O) groups excluding carboxylic acids is 1. The van der Waals surface area contributed by atoms with Gasteiger partial charge in [-0.1, -0.05) is 11.6 Å². The van der Waals surface area contributed by atoms with Gasteiger partial charge in [-0.25, -0.2) is 19.3 Å². The van der Waals surface area contributed by atoms with Gasteiger partial charge in [0.15, 0.2) is 23.2 Å². The summed E-state index contributed by atoms with van der Waals surface area (Å²) >= 11 is 6.04. The molecule has 4 rings (SSSR count). The van der Waals surface area contributed by atoms with Crippen molar-refractivity contribution in [3.05, 3.63) is 60.0 Å². The van der Waals surface area contributed by atoms with Gasteiger partial charge in [-0.05, 0) is 31.5 Å². The van der Waals surface area contributed by atoms with Gasteiger partial charge in [0.1, 0.15) is 5.65 Å². The van der Waals surface area contributed by atoms with Crippen LogP contribution in [0.25, 0.3) is 22.4 Å². The molecule has 2 N–H and O–H groups in total. The molecule has 4 aromatic rings. The number of Topliss-reactive ketones (excluding diaryl/α,β-unsaturated/α-hetero) is 1. The number of halogens is 2. The number of aryl methyl sites for hydroxylation is 1. The average molecular weight is 427 g/mol. The molecule has 0 aliphatic heterocycles. The van der Waals surface area contributed by atoms with Crippen LogP contribution in [0, 0.1) is 5.82 Å². The molecule has 0 spiro atoms. The number of hydrogen-bond donors (Lipinski definition) is 2. The second-order valence-corrected chi connectivity index (χ2v) is 7.44. The minimum Gasteiger partial charge on any atom is -0.358 e. The third-order valence-electron chi connectivity index (χ3n) is 4.82. The summed E-state index contributed by atoms with van der Waals surface area (Å²) in [5.41, 5.74) is 1.27. The molecule has 0 amide bonds. The fraction of sp³-hybridized carbons (Fsp3) is 0.238. The SMILES string of the molecule is C[C@H](Nc1nc(-c2c[nH]c3ncc(Cl)cc23)ncc1F)C(=O)CCCn1cccc1. The van der Waals surface area contributed by atoms with E-state index >= 15 is 0 Å². The number of hydrogen-bond acceptors (Lipinski definition) is 5. The summed E-state index contributed by atoms with van der Waals surface area (Å²) in [6.07, 6.45) is 9.32. The van der Waals surface area contributed by atoms with E-state index in [0.717, 1.165) is 18.1 Å². The van der Waals surface area contributed by atoms with Crippen LogP contribution in [0.3, 0.4) is 0 Å². The van der Waals surface area contributed by atoms with Gasteiger partial charge in [-0.15, -0.1) is 0 Å². The second kappa shape index (κ2) is 8.62. The third-order valence-corrected chi connectivity index (χ3v) is 5.03. The van der Waals surface area contributed by atoms with E-state index in [2.05, 4.69) is 25.3 Å². The maximum Gasteiger partial charge on any atom is 0.183 e. The molecule has 0 saturated carbocycles. The van der Waals surface area contributed by atoms with Gasteiger partial charge < -0.3 is 14.9 Å². The van der Waals surface area contributed by atoms with Crippen LogP contribution in [0.2, 0.25) is 5.02 Å². The highest BCUT2D eigenvalue weighted by Crippen LogP contribution is 2.28. The summed E-state index contributed by atoms with van der Waals surface area (Å²) in [4.78, 5) is 28.1. The van der Waals surface area contributed by atoms with Crippen LogP contribution in [-0.2, 0) is 11.3 Å². The normalized spacial score (nSPS) is 12.2. The Morgan fingerprint density at radius 1 is 1.30 bits per heavy atom. The lowest BCUT2D eigenvalue weighted by atomic mass is 10.1. The van der Waals surface area contributed by atoms with Crippen LogP contribution < -0.4 is 5.32 Å². The largest absolute Gasteiger partial charge is 0.358 e. The molecule has 0 fully saturated rings. The Balaban J connectivity index is 1.47. The molecule has 1 atom stereocenters. The van der Waals surface area contributed by atoms with Crippen molar-refractivity contribution in [1.82, 2.24) is 24.5 Å². The predicted octanol–water partition coefficient (Wildman–Crippen LogP) is 4.46. The van der Waals surface area contributed by atoms with Crippen molar-refractivity contribution in [2.24, 2.45) is 0 Å². The first-order valence-electron chi connectivity index (χ1n) is 9.57. The first-order chi connectivity index (χ1) is 14.5. The molecule has 0 aliphatic rings. The summed E-state index contributed by atoms with van der Waals surface area (Å²) in [6.45, 7) is 2.46. The van der Waals surface area contributed by atoms with Crippen LogP contribution in [0.5, 0.6) is 0 Å². The average Bonchev–Trinajstić information content (AvgIpc) is 3.39. The Kier molecular flexibility index (Phi) is 5.76. The van der Waals surface area contributed by atoms with E-state index in [4.69, 9.17) is 11.6 Å². The predicted molar refractivity (Wildman–Crippen MR) is 114 cm³/mol. The van der Waals surface area contributed by atoms with E-state index in [1.807, 2.05) is 29.1 Å². The van der Waals surface area contributed by atoms with E-state index in [0.29, 0.717) is 34.9 Å². The summed E-state index contributed by atoms with van der Waals surface area (Å²) in [5, 5.41) is 4.09. The smallest absolute Gasteiger partial charge is 0.183 e. The van der Waals surface area contributed by atoms with E-state index < -0.39 is 11.9 Å². The van der Waals surface area contributed by atoms with Crippen molar-refractivity contribution in [2.45, 2.75) is 32.4 Å². The van der Waals surface area contributed by atoms with Gasteiger partial charge in [0.2, 0.25) is 0 Å². The van der Waals surface area contributed by atoms with Crippen molar-refractivity contribution in [2.75, 3.05) is 5.32 Å². The van der Waals surface area contributed by atoms with Crippen molar-refractivity contribution >= 4 is 34.2 Å². The number of H-pyrrole nitrogens is 1. The van der Waals surface area contributed by atoms with Crippen molar-refractivity contribution in [3.63, 3.8) is 0 Å². The lowest BCUT2D eigenvalue weighted by molar-refractivity contribution is -0.119. The van der Waals surface area contributed by atoms with E-state index in [9.17, 15) is 9.18 Å². The number of aromatic amines is 1. The van der Waals surface area contributed by atoms with E-state index in [-0.39, 0.29) is 11.6 Å². The molecule has 9 heteroatoms. The molecule has 0 bridgehead atoms. The molecule has 4 aromatic heterocycles. The number of carbonyl (C=O) groups is 1. The van der Waals surface area contributed by atoms with Crippen molar-refractivity contribution in [3.8, 4) is 11.4 Å². The lowest BCUT2D eigenvalue weighted by Crippen LogP contribution is -2.27. The number of nitrogens with one attached hydrogen (secondary N) is 2. The zero-order chi connectivity index (χ0) is 21.1. The maximum atomic E-state index is 14.3. The van der Waals surface area contributed by atoms with Crippen LogP contribution in [-0.4, -0.2) is 36.3 Å². The number of ketones is 1. The summed E-state index contributed by atoms with van der Waals surface area (Å²) < 4.78 is 16.3. The Hall–Kier alpha value is -3.26. The summed E-state index contributed by atoms with van der Waals surface area (Å²) in [6, 6.07) is 5.05. The maximum absolute atomic E-state index is 14.3. The van der Waals surface area contributed by atoms with Gasteiger partial charge in [0, 0.05) is 48.7 Å². The molecule has 30 heavy (non-hydrogen) atoms. The molecular weight excluding hydrogens is 407 g/mol. The van der Waals surface area contributed by atoms with Crippen LogP contribution in [0.1, 0.15) is 19.8 Å². The van der Waals surface area contributed by atoms with Gasteiger partial charge in [-0.3, -0.25) is 4.79 Å². The quantitative estimate of drug-likeness (QED) is 0.434. The number of fused-ring (bicyclic) bond motifs is 1.